The zero-order valence-electron chi connectivity index (χ0n) is 10.2. The van der Waals surface area contributed by atoms with Gasteiger partial charge in [-0.2, -0.15) is 10.5 Å². The molecule has 0 saturated heterocycles. The van der Waals surface area contributed by atoms with Crippen molar-refractivity contribution in [3.8, 4) is 12.1 Å². The molecule has 18 heavy (non-hydrogen) atoms. The SMILES string of the molecule is CCNC(=O)CCNc1ccc(C#N)c(C#N)c1. The smallest absolute Gasteiger partial charge is 0.221 e. The fourth-order valence-corrected chi connectivity index (χ4v) is 1.45. The molecule has 92 valence electrons. The number of carbonyl (C=O) groups is 1. The first-order valence-corrected chi connectivity index (χ1v) is 5.66. The first-order valence-electron chi connectivity index (χ1n) is 5.66. The predicted octanol–water partition coefficient (Wildman–Crippen LogP) is 1.37. The largest absolute Gasteiger partial charge is 0.384 e. The lowest BCUT2D eigenvalue weighted by atomic mass is 10.1. The standard InChI is InChI=1S/C13H14N4O/c1-2-16-13(18)5-6-17-12-4-3-10(8-14)11(7-12)9-15/h3-4,7,17H,2,5-6H2,1H3,(H,16,18). The van der Waals surface area contributed by atoms with Crippen LogP contribution in [0.1, 0.15) is 24.5 Å². The van der Waals surface area contributed by atoms with E-state index in [2.05, 4.69) is 10.6 Å². The van der Waals surface area contributed by atoms with Gasteiger partial charge in [0, 0.05) is 25.2 Å². The monoisotopic (exact) mass is 242 g/mol. The number of rotatable bonds is 5. The summed E-state index contributed by atoms with van der Waals surface area (Å²) >= 11 is 0. The van der Waals surface area contributed by atoms with E-state index in [9.17, 15) is 4.79 Å². The van der Waals surface area contributed by atoms with Crippen molar-refractivity contribution >= 4 is 11.6 Å². The maximum absolute atomic E-state index is 11.2. The Kier molecular flexibility index (Phi) is 5.21. The van der Waals surface area contributed by atoms with Crippen molar-refractivity contribution < 1.29 is 4.79 Å². The number of nitrogens with one attached hydrogen (secondary N) is 2. The van der Waals surface area contributed by atoms with Gasteiger partial charge in [0.05, 0.1) is 11.1 Å². The van der Waals surface area contributed by atoms with Gasteiger partial charge >= 0.3 is 0 Å². The van der Waals surface area contributed by atoms with Gasteiger partial charge in [0.25, 0.3) is 0 Å². The zero-order valence-corrected chi connectivity index (χ0v) is 10.2. The second-order valence-corrected chi connectivity index (χ2v) is 3.61. The van der Waals surface area contributed by atoms with Crippen LogP contribution in [0, 0.1) is 22.7 Å². The van der Waals surface area contributed by atoms with Gasteiger partial charge in [-0.15, -0.1) is 0 Å². The molecule has 1 aromatic rings. The molecule has 1 amide bonds. The molecule has 2 N–H and O–H groups in total. The average molecular weight is 242 g/mol. The number of benzene rings is 1. The highest BCUT2D eigenvalue weighted by atomic mass is 16.1. The summed E-state index contributed by atoms with van der Waals surface area (Å²) in [5.74, 6) is -0.0147. The van der Waals surface area contributed by atoms with Gasteiger partial charge in [0.2, 0.25) is 5.91 Å². The molecule has 5 nitrogen and oxygen atoms in total. The van der Waals surface area contributed by atoms with E-state index in [1.807, 2.05) is 19.1 Å². The van der Waals surface area contributed by atoms with E-state index < -0.39 is 0 Å². The first-order chi connectivity index (χ1) is 8.71. The highest BCUT2D eigenvalue weighted by Crippen LogP contribution is 2.14. The molecule has 0 heterocycles. The van der Waals surface area contributed by atoms with Crippen LogP contribution in [0.15, 0.2) is 18.2 Å². The average Bonchev–Trinajstić information content (AvgIpc) is 2.38. The second-order valence-electron chi connectivity index (χ2n) is 3.61. The number of carbonyl (C=O) groups excluding carboxylic acids is 1. The Morgan fingerprint density at radius 3 is 2.61 bits per heavy atom. The normalized spacial score (nSPS) is 9.06. The molecule has 5 heteroatoms. The lowest BCUT2D eigenvalue weighted by Crippen LogP contribution is -2.24. The van der Waals surface area contributed by atoms with Crippen LogP contribution in [0.25, 0.3) is 0 Å². The Morgan fingerprint density at radius 2 is 2.00 bits per heavy atom. The van der Waals surface area contributed by atoms with Crippen LogP contribution in [-0.2, 0) is 4.79 Å². The quantitative estimate of drug-likeness (QED) is 0.816. The van der Waals surface area contributed by atoms with Crippen molar-refractivity contribution in [3.63, 3.8) is 0 Å². The number of nitriles is 2. The molecule has 0 spiro atoms. The summed E-state index contributed by atoms with van der Waals surface area (Å²) in [7, 11) is 0. The maximum Gasteiger partial charge on any atom is 0.221 e. The molecule has 0 unspecified atom stereocenters. The molecule has 1 rings (SSSR count). The number of hydrogen-bond donors (Lipinski definition) is 2. The highest BCUT2D eigenvalue weighted by molar-refractivity contribution is 5.76. The molecule has 1 aromatic carbocycles. The molecule has 0 aliphatic carbocycles. The van der Waals surface area contributed by atoms with Crippen LogP contribution in [0.3, 0.4) is 0 Å². The Labute approximate surface area is 106 Å². The Morgan fingerprint density at radius 1 is 1.28 bits per heavy atom. The number of amides is 1. The maximum atomic E-state index is 11.2. The number of nitrogens with zero attached hydrogens (tertiary/aromatic N) is 2. The lowest BCUT2D eigenvalue weighted by Gasteiger charge is -2.07. The van der Waals surface area contributed by atoms with Gasteiger partial charge < -0.3 is 10.6 Å². The molecular weight excluding hydrogens is 228 g/mol. The third kappa shape index (κ3) is 3.80. The van der Waals surface area contributed by atoms with Crippen LogP contribution in [0.5, 0.6) is 0 Å². The van der Waals surface area contributed by atoms with E-state index in [4.69, 9.17) is 10.5 Å². The molecule has 0 radical (unpaired) electrons. The second kappa shape index (κ2) is 6.93. The van der Waals surface area contributed by atoms with Gasteiger partial charge in [-0.1, -0.05) is 0 Å². The molecule has 0 atom stereocenters. The van der Waals surface area contributed by atoms with E-state index in [-0.39, 0.29) is 5.91 Å². The summed E-state index contributed by atoms with van der Waals surface area (Å²) < 4.78 is 0. The molecular formula is C13H14N4O. The van der Waals surface area contributed by atoms with Gasteiger partial charge in [-0.05, 0) is 25.1 Å². The summed E-state index contributed by atoms with van der Waals surface area (Å²) in [6.45, 7) is 2.97. The van der Waals surface area contributed by atoms with E-state index >= 15 is 0 Å². The summed E-state index contributed by atoms with van der Waals surface area (Å²) in [5.41, 5.74) is 1.42. The Balaban J connectivity index is 2.57. The summed E-state index contributed by atoms with van der Waals surface area (Å²) in [6, 6.07) is 8.83. The number of hydrogen-bond acceptors (Lipinski definition) is 4. The van der Waals surface area contributed by atoms with Gasteiger partial charge in [-0.25, -0.2) is 0 Å². The van der Waals surface area contributed by atoms with Gasteiger partial charge in [-0.3, -0.25) is 4.79 Å². The molecule has 0 aromatic heterocycles. The zero-order chi connectivity index (χ0) is 13.4. The Bertz CT molecular complexity index is 511. The van der Waals surface area contributed by atoms with Gasteiger partial charge in [0.1, 0.15) is 12.1 Å². The molecule has 0 saturated carbocycles. The van der Waals surface area contributed by atoms with Crippen LogP contribution in [0.4, 0.5) is 5.69 Å². The van der Waals surface area contributed by atoms with E-state index in [1.165, 1.54) is 0 Å². The fourth-order valence-electron chi connectivity index (χ4n) is 1.45. The molecule has 0 bridgehead atoms. The van der Waals surface area contributed by atoms with Crippen LogP contribution in [-0.4, -0.2) is 19.0 Å². The van der Waals surface area contributed by atoms with Gasteiger partial charge in [0.15, 0.2) is 0 Å². The number of anilines is 1. The summed E-state index contributed by atoms with van der Waals surface area (Å²) in [6.07, 6.45) is 0.371. The van der Waals surface area contributed by atoms with Crippen molar-refractivity contribution in [2.75, 3.05) is 18.4 Å². The van der Waals surface area contributed by atoms with Crippen molar-refractivity contribution in [2.24, 2.45) is 0 Å². The van der Waals surface area contributed by atoms with Crippen molar-refractivity contribution in [1.29, 1.82) is 10.5 Å². The minimum absolute atomic E-state index is 0.0147. The van der Waals surface area contributed by atoms with E-state index in [1.54, 1.807) is 18.2 Å². The van der Waals surface area contributed by atoms with E-state index in [0.717, 1.165) is 5.69 Å². The highest BCUT2D eigenvalue weighted by Gasteiger charge is 2.03. The molecule has 0 fully saturated rings. The predicted molar refractivity (Wildman–Crippen MR) is 67.7 cm³/mol. The molecule has 0 aliphatic heterocycles. The van der Waals surface area contributed by atoms with Crippen LogP contribution >= 0.6 is 0 Å². The third-order valence-electron chi connectivity index (χ3n) is 2.32. The third-order valence-corrected chi connectivity index (χ3v) is 2.32. The summed E-state index contributed by atoms with van der Waals surface area (Å²) in [4.78, 5) is 11.2. The van der Waals surface area contributed by atoms with Crippen LogP contribution < -0.4 is 10.6 Å². The minimum atomic E-state index is -0.0147. The Hall–Kier alpha value is -2.53. The van der Waals surface area contributed by atoms with Crippen molar-refractivity contribution in [1.82, 2.24) is 5.32 Å². The topological polar surface area (TPSA) is 88.7 Å². The lowest BCUT2D eigenvalue weighted by molar-refractivity contribution is -0.120. The van der Waals surface area contributed by atoms with Crippen LogP contribution in [0.2, 0.25) is 0 Å². The van der Waals surface area contributed by atoms with Crippen molar-refractivity contribution in [2.45, 2.75) is 13.3 Å². The first kappa shape index (κ1) is 13.5. The molecule has 0 aliphatic rings. The van der Waals surface area contributed by atoms with Crippen molar-refractivity contribution in [3.05, 3.63) is 29.3 Å². The minimum Gasteiger partial charge on any atom is -0.384 e. The summed E-state index contributed by atoms with van der Waals surface area (Å²) in [5, 5.41) is 23.4. The fraction of sp³-hybridized carbons (Fsp3) is 0.308. The van der Waals surface area contributed by atoms with E-state index in [0.29, 0.717) is 30.6 Å².